The molecular weight excluding hydrogens is 216 g/mol. The summed E-state index contributed by atoms with van der Waals surface area (Å²) < 4.78 is 5.02. The van der Waals surface area contributed by atoms with E-state index in [-0.39, 0.29) is 5.92 Å². The molecule has 2 atom stereocenters. The van der Waals surface area contributed by atoms with Crippen molar-refractivity contribution in [3.05, 3.63) is 18.1 Å². The van der Waals surface area contributed by atoms with Gasteiger partial charge in [0, 0.05) is 18.4 Å². The van der Waals surface area contributed by atoms with E-state index >= 15 is 0 Å². The van der Waals surface area contributed by atoms with Crippen LogP contribution in [-0.2, 0) is 11.2 Å². The summed E-state index contributed by atoms with van der Waals surface area (Å²) in [6.07, 6.45) is 5.21. The second-order valence-electron chi connectivity index (χ2n) is 4.71. The van der Waals surface area contributed by atoms with Crippen LogP contribution in [0, 0.1) is 11.8 Å². The van der Waals surface area contributed by atoms with E-state index in [0.29, 0.717) is 24.0 Å². The molecule has 4 heteroatoms. The fourth-order valence-corrected chi connectivity index (χ4v) is 2.52. The molecule has 1 saturated carbocycles. The Labute approximate surface area is 101 Å². The van der Waals surface area contributed by atoms with E-state index in [1.807, 2.05) is 0 Å². The summed E-state index contributed by atoms with van der Waals surface area (Å²) in [5, 5.41) is 0. The second-order valence-corrected chi connectivity index (χ2v) is 4.71. The van der Waals surface area contributed by atoms with Gasteiger partial charge in [-0.05, 0) is 18.8 Å². The number of hydrogen-bond acceptors (Lipinski definition) is 4. The first-order valence-corrected chi connectivity index (χ1v) is 6.08. The van der Waals surface area contributed by atoms with Crippen LogP contribution in [0.1, 0.15) is 31.9 Å². The van der Waals surface area contributed by atoms with Crippen molar-refractivity contribution in [2.24, 2.45) is 11.8 Å². The lowest BCUT2D eigenvalue weighted by Crippen LogP contribution is -2.19. The number of aromatic nitrogens is 2. The van der Waals surface area contributed by atoms with Crippen molar-refractivity contribution >= 4 is 5.78 Å². The maximum Gasteiger partial charge on any atom is 0.216 e. The van der Waals surface area contributed by atoms with Crippen molar-refractivity contribution in [2.75, 3.05) is 7.11 Å². The average Bonchev–Trinajstić information content (AvgIpc) is 2.76. The zero-order valence-electron chi connectivity index (χ0n) is 10.3. The molecule has 2 rings (SSSR count). The van der Waals surface area contributed by atoms with Crippen LogP contribution in [0.2, 0.25) is 0 Å². The average molecular weight is 234 g/mol. The van der Waals surface area contributed by atoms with Crippen molar-refractivity contribution < 1.29 is 9.53 Å². The van der Waals surface area contributed by atoms with Gasteiger partial charge in [0.05, 0.1) is 12.8 Å². The molecule has 92 valence electrons. The van der Waals surface area contributed by atoms with Crippen LogP contribution in [0.25, 0.3) is 0 Å². The molecule has 1 aliphatic rings. The highest BCUT2D eigenvalue weighted by Crippen LogP contribution is 2.32. The van der Waals surface area contributed by atoms with Gasteiger partial charge >= 0.3 is 0 Å². The Kier molecular flexibility index (Phi) is 3.71. The first-order valence-electron chi connectivity index (χ1n) is 6.08. The van der Waals surface area contributed by atoms with Crippen LogP contribution < -0.4 is 4.74 Å². The minimum absolute atomic E-state index is 0.218. The van der Waals surface area contributed by atoms with Crippen molar-refractivity contribution in [1.82, 2.24) is 9.97 Å². The van der Waals surface area contributed by atoms with E-state index in [0.717, 1.165) is 12.1 Å². The quantitative estimate of drug-likeness (QED) is 0.800. The van der Waals surface area contributed by atoms with E-state index < -0.39 is 0 Å². The van der Waals surface area contributed by atoms with Gasteiger partial charge in [-0.3, -0.25) is 4.79 Å². The van der Waals surface area contributed by atoms with Crippen LogP contribution in [0.3, 0.4) is 0 Å². The standard InChI is InChI=1S/C13H18N2O2/c1-9-4-3-5-11(9)12(16)6-10-7-13(17-2)15-8-14-10/h7-9,11H,3-6H2,1-2H3. The third kappa shape index (κ3) is 2.81. The van der Waals surface area contributed by atoms with Crippen molar-refractivity contribution in [3.63, 3.8) is 0 Å². The highest BCUT2D eigenvalue weighted by atomic mass is 16.5. The first-order chi connectivity index (χ1) is 8.20. The molecule has 0 saturated heterocycles. The highest BCUT2D eigenvalue weighted by molar-refractivity contribution is 5.83. The van der Waals surface area contributed by atoms with E-state index in [1.165, 1.54) is 19.2 Å². The van der Waals surface area contributed by atoms with Crippen LogP contribution in [0.5, 0.6) is 5.88 Å². The molecule has 1 fully saturated rings. The molecule has 2 unspecified atom stereocenters. The molecule has 0 N–H and O–H groups in total. The summed E-state index contributed by atoms with van der Waals surface area (Å²) in [7, 11) is 1.56. The van der Waals surface area contributed by atoms with Gasteiger partial charge in [-0.1, -0.05) is 13.3 Å². The molecule has 1 aliphatic carbocycles. The summed E-state index contributed by atoms with van der Waals surface area (Å²) in [5.74, 6) is 1.56. The van der Waals surface area contributed by atoms with E-state index in [4.69, 9.17) is 4.74 Å². The second kappa shape index (κ2) is 5.25. The highest BCUT2D eigenvalue weighted by Gasteiger charge is 2.29. The molecule has 0 bridgehead atoms. The van der Waals surface area contributed by atoms with Gasteiger partial charge in [0.1, 0.15) is 12.1 Å². The largest absolute Gasteiger partial charge is 0.481 e. The van der Waals surface area contributed by atoms with E-state index in [1.54, 1.807) is 13.2 Å². The summed E-state index contributed by atoms with van der Waals surface area (Å²) in [4.78, 5) is 20.2. The molecule has 17 heavy (non-hydrogen) atoms. The number of nitrogens with zero attached hydrogens (tertiary/aromatic N) is 2. The number of Topliss-reactive ketones (excluding diaryl/α,β-unsaturated/α-hetero) is 1. The minimum Gasteiger partial charge on any atom is -0.481 e. The predicted octanol–water partition coefficient (Wildman–Crippen LogP) is 2.03. The Morgan fingerprint density at radius 3 is 2.94 bits per heavy atom. The van der Waals surface area contributed by atoms with Crippen LogP contribution in [-0.4, -0.2) is 22.9 Å². The van der Waals surface area contributed by atoms with Gasteiger partial charge in [-0.2, -0.15) is 0 Å². The molecule has 0 amide bonds. The van der Waals surface area contributed by atoms with Crippen molar-refractivity contribution in [2.45, 2.75) is 32.6 Å². The molecule has 1 heterocycles. The first kappa shape index (κ1) is 12.0. The summed E-state index contributed by atoms with van der Waals surface area (Å²) in [5.41, 5.74) is 0.751. The van der Waals surface area contributed by atoms with Gasteiger partial charge in [-0.25, -0.2) is 9.97 Å². The fraction of sp³-hybridized carbons (Fsp3) is 0.615. The maximum absolute atomic E-state index is 12.1. The van der Waals surface area contributed by atoms with Crippen LogP contribution in [0.4, 0.5) is 0 Å². The van der Waals surface area contributed by atoms with Crippen molar-refractivity contribution in [3.8, 4) is 5.88 Å². The molecule has 0 aromatic carbocycles. The monoisotopic (exact) mass is 234 g/mol. The maximum atomic E-state index is 12.1. The predicted molar refractivity (Wildman–Crippen MR) is 63.8 cm³/mol. The zero-order valence-corrected chi connectivity index (χ0v) is 10.3. The Bertz CT molecular complexity index is 406. The van der Waals surface area contributed by atoms with Gasteiger partial charge in [-0.15, -0.1) is 0 Å². The van der Waals surface area contributed by atoms with Crippen LogP contribution in [0.15, 0.2) is 12.4 Å². The number of ketones is 1. The SMILES string of the molecule is COc1cc(CC(=O)C2CCCC2C)ncn1. The number of ether oxygens (including phenoxy) is 1. The summed E-state index contributed by atoms with van der Waals surface area (Å²) >= 11 is 0. The van der Waals surface area contributed by atoms with Gasteiger partial charge < -0.3 is 4.74 Å². The molecular formula is C13H18N2O2. The molecule has 0 spiro atoms. The zero-order chi connectivity index (χ0) is 12.3. The minimum atomic E-state index is 0.218. The third-order valence-electron chi connectivity index (χ3n) is 3.54. The lowest BCUT2D eigenvalue weighted by Gasteiger charge is -2.13. The molecule has 0 aliphatic heterocycles. The number of hydrogen-bond donors (Lipinski definition) is 0. The Hall–Kier alpha value is -1.45. The number of carbonyl (C=O) groups excluding carboxylic acids is 1. The molecule has 4 nitrogen and oxygen atoms in total. The normalized spacial score (nSPS) is 23.6. The summed E-state index contributed by atoms with van der Waals surface area (Å²) in [6.45, 7) is 2.16. The van der Waals surface area contributed by atoms with Gasteiger partial charge in [0.25, 0.3) is 0 Å². The van der Waals surface area contributed by atoms with Crippen molar-refractivity contribution in [1.29, 1.82) is 0 Å². The Morgan fingerprint density at radius 2 is 2.29 bits per heavy atom. The number of rotatable bonds is 4. The lowest BCUT2D eigenvalue weighted by molar-refractivity contribution is -0.123. The number of carbonyl (C=O) groups is 1. The van der Waals surface area contributed by atoms with Gasteiger partial charge in [0.15, 0.2) is 0 Å². The molecule has 1 aromatic rings. The fourth-order valence-electron chi connectivity index (χ4n) is 2.52. The number of methoxy groups -OCH3 is 1. The lowest BCUT2D eigenvalue weighted by atomic mass is 9.91. The van der Waals surface area contributed by atoms with E-state index in [2.05, 4.69) is 16.9 Å². The van der Waals surface area contributed by atoms with E-state index in [9.17, 15) is 4.79 Å². The Balaban J connectivity index is 2.02. The molecule has 0 radical (unpaired) electrons. The smallest absolute Gasteiger partial charge is 0.216 e. The van der Waals surface area contributed by atoms with Gasteiger partial charge in [0.2, 0.25) is 5.88 Å². The van der Waals surface area contributed by atoms with Crippen LogP contribution >= 0.6 is 0 Å². The Morgan fingerprint density at radius 1 is 1.47 bits per heavy atom. The molecule has 1 aromatic heterocycles. The summed E-state index contributed by atoms with van der Waals surface area (Å²) in [6, 6.07) is 1.73. The topological polar surface area (TPSA) is 52.1 Å². The third-order valence-corrected chi connectivity index (χ3v) is 3.54.